The quantitative estimate of drug-likeness (QED) is 0.525. The number of benzene rings is 2. The fourth-order valence-electron chi connectivity index (χ4n) is 2.82. The molecule has 0 unspecified atom stereocenters. The van der Waals surface area contributed by atoms with Crippen LogP contribution in [0.2, 0.25) is 0 Å². The Morgan fingerprint density at radius 3 is 2.57 bits per heavy atom. The topological polar surface area (TPSA) is 79.7 Å². The largest absolute Gasteiger partial charge is 0.494 e. The summed E-state index contributed by atoms with van der Waals surface area (Å²) in [6, 6.07) is 8.74. The summed E-state index contributed by atoms with van der Waals surface area (Å²) in [5.74, 6) is -2.28. The van der Waals surface area contributed by atoms with Crippen molar-refractivity contribution in [3.05, 3.63) is 53.0 Å². The van der Waals surface area contributed by atoms with E-state index in [1.54, 1.807) is 24.3 Å². The third-order valence-corrected chi connectivity index (χ3v) is 5.29. The predicted octanol–water partition coefficient (Wildman–Crippen LogP) is 4.76. The summed E-state index contributed by atoms with van der Waals surface area (Å²) in [6.45, 7) is 2.56. The van der Waals surface area contributed by atoms with Gasteiger partial charge in [0.25, 0.3) is 0 Å². The van der Waals surface area contributed by atoms with Gasteiger partial charge >= 0.3 is 5.97 Å². The molecular weight excluding hydrogens is 414 g/mol. The van der Waals surface area contributed by atoms with Crippen LogP contribution in [0.25, 0.3) is 10.2 Å². The number of carbonyl (C=O) groups is 2. The summed E-state index contributed by atoms with van der Waals surface area (Å²) in [5, 5.41) is 9.31. The van der Waals surface area contributed by atoms with Crippen LogP contribution in [0.4, 0.5) is 14.5 Å². The lowest BCUT2D eigenvalue weighted by molar-refractivity contribution is -0.138. The number of hydrogen-bond acceptors (Lipinski definition) is 5. The predicted molar refractivity (Wildman–Crippen MR) is 110 cm³/mol. The second kappa shape index (κ2) is 9.62. The summed E-state index contributed by atoms with van der Waals surface area (Å²) in [6.07, 6.45) is 0.348. The number of carboxylic acids is 1. The van der Waals surface area contributed by atoms with Crippen LogP contribution in [-0.4, -0.2) is 28.6 Å². The number of hydrogen-bond donors (Lipinski definition) is 1. The minimum atomic E-state index is -1.08. The Bertz CT molecular complexity index is 1050. The number of ether oxygens (including phenoxy) is 1. The average molecular weight is 434 g/mol. The maximum atomic E-state index is 14.0. The van der Waals surface area contributed by atoms with Gasteiger partial charge in [-0.1, -0.05) is 6.92 Å². The van der Waals surface area contributed by atoms with Gasteiger partial charge in [0, 0.05) is 24.2 Å². The molecule has 1 amide bonds. The Morgan fingerprint density at radius 1 is 1.17 bits per heavy atom. The molecule has 0 aliphatic rings. The van der Waals surface area contributed by atoms with Gasteiger partial charge in [-0.3, -0.25) is 9.59 Å². The number of halogens is 2. The summed E-state index contributed by atoms with van der Waals surface area (Å²) in [4.78, 5) is 29.2. The standard InChI is InChI=1S/C21H20F2N2O4S/c1-2-9-29-15-5-3-14(4-6-15)25(19(26)7-8-20(27)28)12-18-24-17-11-13(22)10-16(23)21(17)30-18/h3-6,10-11H,2,7-9,12H2,1H3,(H,27,28). The highest BCUT2D eigenvalue weighted by molar-refractivity contribution is 7.18. The molecule has 1 heterocycles. The first kappa shape index (κ1) is 21.6. The fraction of sp³-hybridized carbons (Fsp3) is 0.286. The van der Waals surface area contributed by atoms with Gasteiger partial charge in [0.15, 0.2) is 0 Å². The van der Waals surface area contributed by atoms with Crippen LogP contribution in [-0.2, 0) is 16.1 Å². The Balaban J connectivity index is 1.88. The monoisotopic (exact) mass is 434 g/mol. The summed E-state index contributed by atoms with van der Waals surface area (Å²) in [7, 11) is 0. The molecule has 30 heavy (non-hydrogen) atoms. The molecule has 2 aromatic carbocycles. The molecule has 0 atom stereocenters. The lowest BCUT2D eigenvalue weighted by atomic mass is 10.2. The van der Waals surface area contributed by atoms with E-state index in [-0.39, 0.29) is 29.6 Å². The highest BCUT2D eigenvalue weighted by atomic mass is 32.1. The van der Waals surface area contributed by atoms with Crippen molar-refractivity contribution in [2.45, 2.75) is 32.7 Å². The molecule has 6 nitrogen and oxygen atoms in total. The zero-order valence-corrected chi connectivity index (χ0v) is 17.0. The van der Waals surface area contributed by atoms with E-state index in [4.69, 9.17) is 9.84 Å². The molecule has 3 rings (SSSR count). The van der Waals surface area contributed by atoms with Crippen molar-refractivity contribution in [3.8, 4) is 5.75 Å². The zero-order valence-electron chi connectivity index (χ0n) is 16.2. The number of rotatable bonds is 9. The van der Waals surface area contributed by atoms with E-state index in [1.165, 1.54) is 4.90 Å². The fourth-order valence-corrected chi connectivity index (χ4v) is 3.76. The van der Waals surface area contributed by atoms with Crippen LogP contribution < -0.4 is 9.64 Å². The van der Waals surface area contributed by atoms with E-state index >= 15 is 0 Å². The normalized spacial score (nSPS) is 10.9. The molecule has 1 aromatic heterocycles. The van der Waals surface area contributed by atoms with E-state index in [0.29, 0.717) is 23.1 Å². The van der Waals surface area contributed by atoms with Crippen molar-refractivity contribution in [1.29, 1.82) is 0 Å². The van der Waals surface area contributed by atoms with Gasteiger partial charge in [0.2, 0.25) is 5.91 Å². The van der Waals surface area contributed by atoms with E-state index < -0.39 is 23.5 Å². The molecule has 1 N–H and O–H groups in total. The van der Waals surface area contributed by atoms with Crippen LogP contribution in [0.1, 0.15) is 31.2 Å². The van der Waals surface area contributed by atoms with Gasteiger partial charge < -0.3 is 14.7 Å². The number of carbonyl (C=O) groups excluding carboxylic acids is 1. The Hall–Kier alpha value is -3.07. The molecule has 0 radical (unpaired) electrons. The number of carboxylic acid groups (broad SMARTS) is 1. The third kappa shape index (κ3) is 5.29. The first-order valence-electron chi connectivity index (χ1n) is 9.37. The molecule has 0 saturated heterocycles. The molecule has 0 saturated carbocycles. The maximum absolute atomic E-state index is 14.0. The molecule has 0 aliphatic heterocycles. The minimum Gasteiger partial charge on any atom is -0.494 e. The van der Waals surface area contributed by atoms with E-state index in [2.05, 4.69) is 4.98 Å². The van der Waals surface area contributed by atoms with Gasteiger partial charge in [-0.15, -0.1) is 11.3 Å². The van der Waals surface area contributed by atoms with Gasteiger partial charge in [-0.05, 0) is 30.7 Å². The highest BCUT2D eigenvalue weighted by Crippen LogP contribution is 2.29. The lowest BCUT2D eigenvalue weighted by Crippen LogP contribution is -2.30. The van der Waals surface area contributed by atoms with Crippen molar-refractivity contribution >= 4 is 39.1 Å². The number of amides is 1. The molecule has 0 bridgehead atoms. The molecule has 9 heteroatoms. The summed E-state index contributed by atoms with van der Waals surface area (Å²) < 4.78 is 33.2. The number of aliphatic carboxylic acids is 1. The zero-order chi connectivity index (χ0) is 21.7. The number of thiazole rings is 1. The van der Waals surface area contributed by atoms with Crippen LogP contribution >= 0.6 is 11.3 Å². The van der Waals surface area contributed by atoms with E-state index in [0.717, 1.165) is 29.9 Å². The average Bonchev–Trinajstić information content (AvgIpc) is 3.12. The Kier molecular flexibility index (Phi) is 6.94. The second-order valence-corrected chi connectivity index (χ2v) is 7.64. The molecular formula is C21H20F2N2O4S. The lowest BCUT2D eigenvalue weighted by Gasteiger charge is -2.22. The smallest absolute Gasteiger partial charge is 0.303 e. The van der Waals surface area contributed by atoms with Gasteiger partial charge in [-0.25, -0.2) is 13.8 Å². The second-order valence-electron chi connectivity index (χ2n) is 6.56. The van der Waals surface area contributed by atoms with Crippen molar-refractivity contribution in [2.75, 3.05) is 11.5 Å². The maximum Gasteiger partial charge on any atom is 0.303 e. The van der Waals surface area contributed by atoms with E-state index in [1.807, 2.05) is 6.92 Å². The van der Waals surface area contributed by atoms with Crippen molar-refractivity contribution in [3.63, 3.8) is 0 Å². The van der Waals surface area contributed by atoms with Crippen LogP contribution in [0, 0.1) is 11.6 Å². The number of nitrogens with zero attached hydrogens (tertiary/aromatic N) is 2. The SMILES string of the molecule is CCCOc1ccc(N(Cc2nc3cc(F)cc(F)c3s2)C(=O)CCC(=O)O)cc1. The van der Waals surface area contributed by atoms with Crippen LogP contribution in [0.3, 0.4) is 0 Å². The number of aromatic nitrogens is 1. The Labute approximate surface area is 175 Å². The van der Waals surface area contributed by atoms with Gasteiger partial charge in [0.05, 0.1) is 29.8 Å². The first-order chi connectivity index (χ1) is 14.4. The summed E-state index contributed by atoms with van der Waals surface area (Å²) >= 11 is 1.02. The molecule has 158 valence electrons. The number of anilines is 1. The minimum absolute atomic E-state index is 0.00796. The van der Waals surface area contributed by atoms with Crippen molar-refractivity contribution in [2.24, 2.45) is 0 Å². The first-order valence-corrected chi connectivity index (χ1v) is 10.2. The van der Waals surface area contributed by atoms with Gasteiger partial charge in [-0.2, -0.15) is 0 Å². The van der Waals surface area contributed by atoms with Crippen molar-refractivity contribution in [1.82, 2.24) is 4.98 Å². The molecule has 0 aliphatic carbocycles. The highest BCUT2D eigenvalue weighted by Gasteiger charge is 2.20. The molecule has 0 spiro atoms. The third-order valence-electron chi connectivity index (χ3n) is 4.22. The number of fused-ring (bicyclic) bond motifs is 1. The molecule has 3 aromatic rings. The van der Waals surface area contributed by atoms with Gasteiger partial charge in [0.1, 0.15) is 22.4 Å². The van der Waals surface area contributed by atoms with E-state index in [9.17, 15) is 18.4 Å². The van der Waals surface area contributed by atoms with Crippen molar-refractivity contribution < 1.29 is 28.2 Å². The Morgan fingerprint density at radius 2 is 1.90 bits per heavy atom. The molecule has 0 fully saturated rings. The van der Waals surface area contributed by atoms with Crippen LogP contribution in [0.15, 0.2) is 36.4 Å². The summed E-state index contributed by atoms with van der Waals surface area (Å²) in [5.41, 5.74) is 0.703. The van der Waals surface area contributed by atoms with Crippen LogP contribution in [0.5, 0.6) is 5.75 Å².